The number of carbonyl (C=O) groups excluding carboxylic acids is 2. The molecule has 0 aliphatic heterocycles. The molecule has 0 saturated heterocycles. The van der Waals surface area contributed by atoms with Crippen molar-refractivity contribution in [2.24, 2.45) is 0 Å². The van der Waals surface area contributed by atoms with Crippen LogP contribution in [0, 0.1) is 13.8 Å². The quantitative estimate of drug-likeness (QED) is 0.456. The average Bonchev–Trinajstić information content (AvgIpc) is 3.20. The zero-order valence-corrected chi connectivity index (χ0v) is 18.8. The van der Waals surface area contributed by atoms with E-state index in [1.807, 2.05) is 13.8 Å². The van der Waals surface area contributed by atoms with Gasteiger partial charge in [0.05, 0.1) is 23.7 Å². The Labute approximate surface area is 191 Å². The van der Waals surface area contributed by atoms with Gasteiger partial charge in [-0.05, 0) is 37.6 Å². The molecular formula is C25H25N5O3. The van der Waals surface area contributed by atoms with Gasteiger partial charge in [-0.25, -0.2) is 9.67 Å². The molecule has 8 heteroatoms. The van der Waals surface area contributed by atoms with Gasteiger partial charge in [-0.2, -0.15) is 5.10 Å². The van der Waals surface area contributed by atoms with Crippen molar-refractivity contribution in [3.63, 3.8) is 0 Å². The number of benzene rings is 2. The van der Waals surface area contributed by atoms with E-state index in [0.717, 1.165) is 11.3 Å². The first kappa shape index (κ1) is 22.0. The second kappa shape index (κ2) is 9.52. The standard InChI is InChI=1S/C25H25N5O3/c1-16-7-9-18(10-8-16)14-30-24-22(13-27-30)21(11-17(2)28-24)25(32)29-19-5-4-6-20(12-19)33-15-23(31)26-3/h4-13H,14-15H2,1-3H3,(H,26,31)(H,29,32). The lowest BCUT2D eigenvalue weighted by Crippen LogP contribution is -2.24. The molecule has 0 unspecified atom stereocenters. The highest BCUT2D eigenvalue weighted by Crippen LogP contribution is 2.22. The SMILES string of the molecule is CNC(=O)COc1cccc(NC(=O)c2cc(C)nc3c2cnn3Cc2ccc(C)cc2)c1. The maximum Gasteiger partial charge on any atom is 0.257 e. The summed E-state index contributed by atoms with van der Waals surface area (Å²) in [6, 6.07) is 16.9. The van der Waals surface area contributed by atoms with E-state index in [4.69, 9.17) is 4.74 Å². The van der Waals surface area contributed by atoms with Crippen LogP contribution in [0.1, 0.15) is 27.2 Å². The van der Waals surface area contributed by atoms with E-state index in [-0.39, 0.29) is 18.4 Å². The summed E-state index contributed by atoms with van der Waals surface area (Å²) in [4.78, 5) is 29.2. The zero-order chi connectivity index (χ0) is 23.4. The Hall–Kier alpha value is -4.20. The highest BCUT2D eigenvalue weighted by Gasteiger charge is 2.16. The largest absolute Gasteiger partial charge is 0.484 e. The summed E-state index contributed by atoms with van der Waals surface area (Å²) in [6.45, 7) is 4.36. The predicted octanol–water partition coefficient (Wildman–Crippen LogP) is 3.47. The predicted molar refractivity (Wildman–Crippen MR) is 127 cm³/mol. The minimum Gasteiger partial charge on any atom is -0.484 e. The van der Waals surface area contributed by atoms with Crippen LogP contribution in [0.3, 0.4) is 0 Å². The summed E-state index contributed by atoms with van der Waals surface area (Å²) in [5, 5.41) is 10.6. The van der Waals surface area contributed by atoms with Crippen molar-refractivity contribution in [1.29, 1.82) is 0 Å². The summed E-state index contributed by atoms with van der Waals surface area (Å²) >= 11 is 0. The Morgan fingerprint density at radius 3 is 2.61 bits per heavy atom. The number of pyridine rings is 1. The molecule has 2 heterocycles. The number of nitrogens with zero attached hydrogens (tertiary/aromatic N) is 3. The van der Waals surface area contributed by atoms with Crippen molar-refractivity contribution in [3.05, 3.63) is 83.2 Å². The van der Waals surface area contributed by atoms with Gasteiger partial charge in [0.25, 0.3) is 11.8 Å². The van der Waals surface area contributed by atoms with Gasteiger partial charge in [0.1, 0.15) is 5.75 Å². The monoisotopic (exact) mass is 443 g/mol. The normalized spacial score (nSPS) is 10.8. The summed E-state index contributed by atoms with van der Waals surface area (Å²) < 4.78 is 7.26. The zero-order valence-electron chi connectivity index (χ0n) is 18.8. The first-order valence-corrected chi connectivity index (χ1v) is 10.6. The smallest absolute Gasteiger partial charge is 0.257 e. The molecule has 0 saturated carbocycles. The molecule has 4 aromatic rings. The van der Waals surface area contributed by atoms with E-state index in [0.29, 0.717) is 34.6 Å². The number of fused-ring (bicyclic) bond motifs is 1. The molecule has 0 spiro atoms. The molecule has 2 N–H and O–H groups in total. The molecule has 33 heavy (non-hydrogen) atoms. The Bertz CT molecular complexity index is 1310. The van der Waals surface area contributed by atoms with Gasteiger partial charge in [0.15, 0.2) is 12.3 Å². The Kier molecular flexibility index (Phi) is 6.35. The molecule has 2 aromatic carbocycles. The molecule has 168 valence electrons. The van der Waals surface area contributed by atoms with E-state index in [1.165, 1.54) is 5.56 Å². The lowest BCUT2D eigenvalue weighted by Gasteiger charge is -2.10. The number of anilines is 1. The van der Waals surface area contributed by atoms with Crippen LogP contribution in [-0.2, 0) is 11.3 Å². The number of rotatable bonds is 7. The van der Waals surface area contributed by atoms with Crippen molar-refractivity contribution in [2.75, 3.05) is 19.0 Å². The minimum atomic E-state index is -0.274. The molecule has 8 nitrogen and oxygen atoms in total. The van der Waals surface area contributed by atoms with E-state index in [2.05, 4.69) is 45.0 Å². The van der Waals surface area contributed by atoms with Gasteiger partial charge in [0.2, 0.25) is 0 Å². The fourth-order valence-electron chi connectivity index (χ4n) is 3.43. The summed E-state index contributed by atoms with van der Waals surface area (Å²) in [5.41, 5.74) is 4.73. The van der Waals surface area contributed by atoms with E-state index in [1.54, 1.807) is 48.3 Å². The van der Waals surface area contributed by atoms with Gasteiger partial charge < -0.3 is 15.4 Å². The van der Waals surface area contributed by atoms with Crippen LogP contribution in [0.4, 0.5) is 5.69 Å². The molecular weight excluding hydrogens is 418 g/mol. The maximum atomic E-state index is 13.1. The molecule has 0 atom stereocenters. The molecule has 2 aromatic heterocycles. The first-order chi connectivity index (χ1) is 15.9. The summed E-state index contributed by atoms with van der Waals surface area (Å²) in [6.07, 6.45) is 1.67. The Morgan fingerprint density at radius 1 is 1.06 bits per heavy atom. The number of aromatic nitrogens is 3. The molecule has 4 rings (SSSR count). The van der Waals surface area contributed by atoms with E-state index < -0.39 is 0 Å². The first-order valence-electron chi connectivity index (χ1n) is 10.6. The fraction of sp³-hybridized carbons (Fsp3) is 0.200. The van der Waals surface area contributed by atoms with Crippen molar-refractivity contribution in [2.45, 2.75) is 20.4 Å². The van der Waals surface area contributed by atoms with Crippen molar-refractivity contribution < 1.29 is 14.3 Å². The number of hydrogen-bond donors (Lipinski definition) is 2. The van der Waals surface area contributed by atoms with Crippen LogP contribution < -0.4 is 15.4 Å². The fourth-order valence-corrected chi connectivity index (χ4v) is 3.43. The molecule has 0 fully saturated rings. The summed E-state index contributed by atoms with van der Waals surface area (Å²) in [5.74, 6) is -0.0241. The lowest BCUT2D eigenvalue weighted by molar-refractivity contribution is -0.122. The molecule has 0 aliphatic carbocycles. The van der Waals surface area contributed by atoms with E-state index in [9.17, 15) is 9.59 Å². The number of nitrogens with one attached hydrogen (secondary N) is 2. The van der Waals surface area contributed by atoms with Gasteiger partial charge in [-0.3, -0.25) is 9.59 Å². The third kappa shape index (κ3) is 5.17. The van der Waals surface area contributed by atoms with Crippen LogP contribution in [-0.4, -0.2) is 40.2 Å². The van der Waals surface area contributed by atoms with E-state index >= 15 is 0 Å². The highest BCUT2D eigenvalue weighted by atomic mass is 16.5. The van der Waals surface area contributed by atoms with Gasteiger partial charge in [0, 0.05) is 24.5 Å². The Morgan fingerprint density at radius 2 is 1.85 bits per heavy atom. The van der Waals surface area contributed by atoms with Crippen LogP contribution in [0.5, 0.6) is 5.75 Å². The third-order valence-electron chi connectivity index (χ3n) is 5.18. The third-order valence-corrected chi connectivity index (χ3v) is 5.18. The maximum absolute atomic E-state index is 13.1. The number of likely N-dealkylation sites (N-methyl/N-ethyl adjacent to an activating group) is 1. The Balaban J connectivity index is 1.57. The second-order valence-corrected chi connectivity index (χ2v) is 7.78. The number of carbonyl (C=O) groups is 2. The van der Waals surface area contributed by atoms with Crippen LogP contribution in [0.25, 0.3) is 11.0 Å². The number of ether oxygens (including phenoxy) is 1. The number of aryl methyl sites for hydroxylation is 2. The van der Waals surface area contributed by atoms with Crippen molar-refractivity contribution in [1.82, 2.24) is 20.1 Å². The number of amides is 2. The van der Waals surface area contributed by atoms with Crippen molar-refractivity contribution in [3.8, 4) is 5.75 Å². The highest BCUT2D eigenvalue weighted by molar-refractivity contribution is 6.12. The molecule has 0 radical (unpaired) electrons. The molecule has 2 amide bonds. The van der Waals surface area contributed by atoms with Crippen molar-refractivity contribution >= 4 is 28.5 Å². The summed E-state index contributed by atoms with van der Waals surface area (Å²) in [7, 11) is 1.54. The molecule has 0 bridgehead atoms. The minimum absolute atomic E-state index is 0.0990. The van der Waals surface area contributed by atoms with Gasteiger partial charge in [-0.1, -0.05) is 35.9 Å². The van der Waals surface area contributed by atoms with Crippen LogP contribution in [0.15, 0.2) is 60.8 Å². The lowest BCUT2D eigenvalue weighted by atomic mass is 10.1. The van der Waals surface area contributed by atoms with Gasteiger partial charge >= 0.3 is 0 Å². The van der Waals surface area contributed by atoms with Crippen LogP contribution >= 0.6 is 0 Å². The molecule has 0 aliphatic rings. The second-order valence-electron chi connectivity index (χ2n) is 7.78. The van der Waals surface area contributed by atoms with Crippen LogP contribution in [0.2, 0.25) is 0 Å². The van der Waals surface area contributed by atoms with Gasteiger partial charge in [-0.15, -0.1) is 0 Å². The average molecular weight is 444 g/mol. The number of hydrogen-bond acceptors (Lipinski definition) is 5. The topological polar surface area (TPSA) is 98.1 Å².